The number of hydrogen-bond donors (Lipinski definition) is 3. The Morgan fingerprint density at radius 3 is 2.67 bits per heavy atom. The highest BCUT2D eigenvalue weighted by atomic mass is 16.4. The summed E-state index contributed by atoms with van der Waals surface area (Å²) >= 11 is 0. The summed E-state index contributed by atoms with van der Waals surface area (Å²) in [6.45, 7) is 2.78. The van der Waals surface area contributed by atoms with Crippen LogP contribution in [-0.4, -0.2) is 69.6 Å². The summed E-state index contributed by atoms with van der Waals surface area (Å²) in [5, 5.41) is 20.9. The van der Waals surface area contributed by atoms with Crippen LogP contribution >= 0.6 is 0 Å². The monoisotopic (exact) mass is 298 g/mol. The van der Waals surface area contributed by atoms with Crippen LogP contribution in [0.4, 0.5) is 4.79 Å². The molecule has 1 aromatic rings. The maximum atomic E-state index is 11.7. The van der Waals surface area contributed by atoms with Crippen molar-refractivity contribution in [2.45, 2.75) is 13.5 Å². The van der Waals surface area contributed by atoms with E-state index in [1.165, 1.54) is 22.8 Å². The van der Waals surface area contributed by atoms with Gasteiger partial charge in [-0.25, -0.2) is 14.3 Å². The standard InChI is InChI=1S/C11H18N6O4/c1-3-12-9(18)7-16(2)11(21)13-4-5-17-6-8(10(19)20)14-15-17/h6H,3-5,7H2,1-2H3,(H,12,18)(H,13,21)(H,19,20). The second-order valence-corrected chi connectivity index (χ2v) is 4.21. The average Bonchev–Trinajstić information content (AvgIpc) is 2.87. The molecule has 10 nitrogen and oxygen atoms in total. The molecule has 0 spiro atoms. The zero-order valence-electron chi connectivity index (χ0n) is 11.9. The first-order chi connectivity index (χ1) is 9.93. The van der Waals surface area contributed by atoms with Crippen molar-refractivity contribution in [2.24, 2.45) is 0 Å². The molecule has 3 N–H and O–H groups in total. The summed E-state index contributed by atoms with van der Waals surface area (Å²) in [5.41, 5.74) is -0.158. The van der Waals surface area contributed by atoms with Gasteiger partial charge >= 0.3 is 12.0 Å². The van der Waals surface area contributed by atoms with Crippen LogP contribution in [0.15, 0.2) is 6.20 Å². The number of urea groups is 1. The van der Waals surface area contributed by atoms with Crippen LogP contribution in [0.2, 0.25) is 0 Å². The van der Waals surface area contributed by atoms with E-state index in [9.17, 15) is 14.4 Å². The number of rotatable bonds is 7. The van der Waals surface area contributed by atoms with Crippen molar-refractivity contribution >= 4 is 17.9 Å². The number of hydrogen-bond acceptors (Lipinski definition) is 5. The first-order valence-corrected chi connectivity index (χ1v) is 6.33. The van der Waals surface area contributed by atoms with Gasteiger partial charge < -0.3 is 20.6 Å². The topological polar surface area (TPSA) is 129 Å². The number of carboxylic acids is 1. The molecule has 0 aliphatic heterocycles. The fourth-order valence-corrected chi connectivity index (χ4v) is 1.46. The first kappa shape index (κ1) is 16.4. The molecule has 0 aliphatic rings. The largest absolute Gasteiger partial charge is 0.476 e. The Labute approximate surface area is 121 Å². The number of aromatic carboxylic acids is 1. The van der Waals surface area contributed by atoms with Gasteiger partial charge in [0.05, 0.1) is 12.7 Å². The Balaban J connectivity index is 2.32. The molecule has 0 bridgehead atoms. The number of nitrogens with zero attached hydrogens (tertiary/aromatic N) is 4. The molecular weight excluding hydrogens is 280 g/mol. The van der Waals surface area contributed by atoms with Crippen LogP contribution in [0.5, 0.6) is 0 Å². The number of likely N-dealkylation sites (N-methyl/N-ethyl adjacent to an activating group) is 2. The van der Waals surface area contributed by atoms with E-state index in [1.807, 2.05) is 0 Å². The zero-order valence-corrected chi connectivity index (χ0v) is 11.9. The van der Waals surface area contributed by atoms with Crippen molar-refractivity contribution in [2.75, 3.05) is 26.7 Å². The van der Waals surface area contributed by atoms with E-state index >= 15 is 0 Å². The van der Waals surface area contributed by atoms with Gasteiger partial charge in [-0.05, 0) is 6.92 Å². The van der Waals surface area contributed by atoms with Crippen molar-refractivity contribution in [3.05, 3.63) is 11.9 Å². The Bertz CT molecular complexity index is 515. The van der Waals surface area contributed by atoms with Gasteiger partial charge in [-0.1, -0.05) is 5.21 Å². The highest BCUT2D eigenvalue weighted by Gasteiger charge is 2.12. The third kappa shape index (κ3) is 5.47. The SMILES string of the molecule is CCNC(=O)CN(C)C(=O)NCCn1cc(C(=O)O)nn1. The second kappa shape index (κ2) is 7.82. The number of nitrogens with one attached hydrogen (secondary N) is 2. The molecule has 0 fully saturated rings. The van der Waals surface area contributed by atoms with Gasteiger partial charge in [-0.3, -0.25) is 4.79 Å². The van der Waals surface area contributed by atoms with E-state index in [0.717, 1.165) is 0 Å². The van der Waals surface area contributed by atoms with Gasteiger partial charge in [0, 0.05) is 20.1 Å². The normalized spacial score (nSPS) is 10.0. The van der Waals surface area contributed by atoms with Crippen molar-refractivity contribution in [1.82, 2.24) is 30.5 Å². The maximum absolute atomic E-state index is 11.7. The van der Waals surface area contributed by atoms with E-state index in [-0.39, 0.29) is 31.2 Å². The summed E-state index contributed by atoms with van der Waals surface area (Å²) in [6.07, 6.45) is 1.27. The molecule has 0 unspecified atom stereocenters. The van der Waals surface area contributed by atoms with Crippen LogP contribution in [0.3, 0.4) is 0 Å². The van der Waals surface area contributed by atoms with Crippen molar-refractivity contribution in [3.8, 4) is 0 Å². The van der Waals surface area contributed by atoms with E-state index in [4.69, 9.17) is 5.11 Å². The number of carbonyl (C=O) groups is 3. The van der Waals surface area contributed by atoms with Crippen LogP contribution < -0.4 is 10.6 Å². The number of carboxylic acid groups (broad SMARTS) is 1. The minimum Gasteiger partial charge on any atom is -0.476 e. The lowest BCUT2D eigenvalue weighted by molar-refractivity contribution is -0.121. The Morgan fingerprint density at radius 2 is 2.10 bits per heavy atom. The summed E-state index contributed by atoms with van der Waals surface area (Å²) in [5.74, 6) is -1.40. The third-order valence-corrected chi connectivity index (χ3v) is 2.48. The quantitative estimate of drug-likeness (QED) is 0.577. The molecule has 0 radical (unpaired) electrons. The molecular formula is C11H18N6O4. The van der Waals surface area contributed by atoms with Gasteiger partial charge in [0.2, 0.25) is 5.91 Å². The van der Waals surface area contributed by atoms with E-state index in [2.05, 4.69) is 20.9 Å². The number of amides is 3. The predicted octanol–water partition coefficient (Wildman–Crippen LogP) is -1.25. The summed E-state index contributed by atoms with van der Waals surface area (Å²) < 4.78 is 1.31. The Hall–Kier alpha value is -2.65. The number of carbonyl (C=O) groups excluding carboxylic acids is 2. The lowest BCUT2D eigenvalue weighted by atomic mass is 10.5. The minimum atomic E-state index is -1.16. The van der Waals surface area contributed by atoms with Crippen LogP contribution in [0.25, 0.3) is 0 Å². The van der Waals surface area contributed by atoms with E-state index < -0.39 is 12.0 Å². The van der Waals surface area contributed by atoms with Crippen molar-refractivity contribution in [1.29, 1.82) is 0 Å². The first-order valence-electron chi connectivity index (χ1n) is 6.33. The van der Waals surface area contributed by atoms with Gasteiger partial charge in [-0.15, -0.1) is 5.10 Å². The molecule has 10 heteroatoms. The summed E-state index contributed by atoms with van der Waals surface area (Å²) in [4.78, 5) is 34.8. The summed E-state index contributed by atoms with van der Waals surface area (Å²) in [6, 6.07) is -0.403. The van der Waals surface area contributed by atoms with Crippen LogP contribution in [0.1, 0.15) is 17.4 Å². The van der Waals surface area contributed by atoms with Gasteiger partial charge in [0.25, 0.3) is 0 Å². The summed E-state index contributed by atoms with van der Waals surface area (Å²) in [7, 11) is 1.50. The van der Waals surface area contributed by atoms with E-state index in [0.29, 0.717) is 6.54 Å². The lowest BCUT2D eigenvalue weighted by Gasteiger charge is -2.17. The Kier molecular flexibility index (Phi) is 6.11. The maximum Gasteiger partial charge on any atom is 0.358 e. The Morgan fingerprint density at radius 1 is 1.38 bits per heavy atom. The van der Waals surface area contributed by atoms with Gasteiger partial charge in [0.15, 0.2) is 5.69 Å². The van der Waals surface area contributed by atoms with Crippen LogP contribution in [-0.2, 0) is 11.3 Å². The fourth-order valence-electron chi connectivity index (χ4n) is 1.46. The van der Waals surface area contributed by atoms with Gasteiger partial charge in [0.1, 0.15) is 6.54 Å². The molecule has 0 saturated heterocycles. The average molecular weight is 298 g/mol. The lowest BCUT2D eigenvalue weighted by Crippen LogP contribution is -2.44. The molecule has 116 valence electrons. The molecule has 1 aromatic heterocycles. The fraction of sp³-hybridized carbons (Fsp3) is 0.545. The third-order valence-electron chi connectivity index (χ3n) is 2.48. The molecule has 1 rings (SSSR count). The second-order valence-electron chi connectivity index (χ2n) is 4.21. The molecule has 0 saturated carbocycles. The molecule has 21 heavy (non-hydrogen) atoms. The molecule has 0 aliphatic carbocycles. The van der Waals surface area contributed by atoms with Gasteiger partial charge in [-0.2, -0.15) is 0 Å². The smallest absolute Gasteiger partial charge is 0.358 e. The molecule has 1 heterocycles. The van der Waals surface area contributed by atoms with Crippen molar-refractivity contribution < 1.29 is 19.5 Å². The molecule has 0 aromatic carbocycles. The predicted molar refractivity (Wildman–Crippen MR) is 71.7 cm³/mol. The highest BCUT2D eigenvalue weighted by Crippen LogP contribution is 1.92. The zero-order chi connectivity index (χ0) is 15.8. The van der Waals surface area contributed by atoms with E-state index in [1.54, 1.807) is 6.92 Å². The number of aromatic nitrogens is 3. The highest BCUT2D eigenvalue weighted by molar-refractivity contribution is 5.84. The van der Waals surface area contributed by atoms with Crippen molar-refractivity contribution in [3.63, 3.8) is 0 Å². The van der Waals surface area contributed by atoms with Crippen LogP contribution in [0, 0.1) is 0 Å². The molecule has 3 amide bonds. The molecule has 0 atom stereocenters. The minimum absolute atomic E-state index is 0.0356.